The van der Waals surface area contributed by atoms with Gasteiger partial charge in [-0.05, 0) is 40.1 Å². The van der Waals surface area contributed by atoms with Crippen molar-refractivity contribution in [2.24, 2.45) is 0 Å². The van der Waals surface area contributed by atoms with E-state index in [0.717, 1.165) is 27.4 Å². The number of fused-ring (bicyclic) bond motifs is 1. The molecule has 0 saturated carbocycles. The maximum Gasteiger partial charge on any atom is 0.159 e. The molecular formula is C17H11BrF2O. The third-order valence-corrected chi connectivity index (χ3v) is 4.15. The predicted octanol–water partition coefficient (Wildman–Crippen LogP) is 4.96. The van der Waals surface area contributed by atoms with Gasteiger partial charge in [0.05, 0.1) is 0 Å². The van der Waals surface area contributed by atoms with Crippen molar-refractivity contribution in [1.82, 2.24) is 0 Å². The van der Waals surface area contributed by atoms with E-state index in [-0.39, 0.29) is 0 Å². The number of rotatable bonds is 2. The van der Waals surface area contributed by atoms with E-state index in [4.69, 9.17) is 0 Å². The molecular weight excluding hydrogens is 338 g/mol. The first-order valence-electron chi connectivity index (χ1n) is 6.38. The molecule has 21 heavy (non-hydrogen) atoms. The van der Waals surface area contributed by atoms with Crippen molar-refractivity contribution in [3.8, 4) is 0 Å². The number of hydrogen-bond donors (Lipinski definition) is 1. The Bertz CT molecular complexity index is 817. The summed E-state index contributed by atoms with van der Waals surface area (Å²) in [6.07, 6.45) is -1.02. The maximum atomic E-state index is 13.3. The fraction of sp³-hybridized carbons (Fsp3) is 0.0588. The van der Waals surface area contributed by atoms with Crippen LogP contribution in [0.25, 0.3) is 10.8 Å². The van der Waals surface area contributed by atoms with Crippen LogP contribution in [-0.4, -0.2) is 5.11 Å². The molecule has 0 aromatic heterocycles. The third kappa shape index (κ3) is 2.57. The molecule has 1 N–H and O–H groups in total. The average Bonchev–Trinajstić information content (AvgIpc) is 2.50. The molecule has 4 heteroatoms. The Hall–Kier alpha value is -1.78. The highest BCUT2D eigenvalue weighted by molar-refractivity contribution is 9.10. The Balaban J connectivity index is 2.15. The number of halogens is 3. The second-order valence-corrected chi connectivity index (χ2v) is 5.61. The smallest absolute Gasteiger partial charge is 0.159 e. The van der Waals surface area contributed by atoms with E-state index in [0.29, 0.717) is 11.1 Å². The minimum absolute atomic E-state index is 0.321. The van der Waals surface area contributed by atoms with Crippen molar-refractivity contribution in [3.63, 3.8) is 0 Å². The molecule has 3 aromatic rings. The van der Waals surface area contributed by atoms with Gasteiger partial charge in [-0.1, -0.05) is 52.3 Å². The van der Waals surface area contributed by atoms with Crippen LogP contribution in [0.3, 0.4) is 0 Å². The van der Waals surface area contributed by atoms with Gasteiger partial charge in [0.25, 0.3) is 0 Å². The molecule has 0 aliphatic heterocycles. The first-order valence-corrected chi connectivity index (χ1v) is 7.17. The normalized spacial score (nSPS) is 12.6. The van der Waals surface area contributed by atoms with Gasteiger partial charge in [-0.15, -0.1) is 0 Å². The summed E-state index contributed by atoms with van der Waals surface area (Å²) in [4.78, 5) is 0. The Kier molecular flexibility index (Phi) is 3.74. The molecule has 0 aliphatic rings. The summed E-state index contributed by atoms with van der Waals surface area (Å²) in [7, 11) is 0. The van der Waals surface area contributed by atoms with Gasteiger partial charge in [0.1, 0.15) is 6.10 Å². The topological polar surface area (TPSA) is 20.2 Å². The van der Waals surface area contributed by atoms with Crippen molar-refractivity contribution >= 4 is 26.7 Å². The molecule has 0 bridgehead atoms. The second-order valence-electron chi connectivity index (χ2n) is 4.76. The Labute approximate surface area is 129 Å². The summed E-state index contributed by atoms with van der Waals surface area (Å²) < 4.78 is 27.3. The van der Waals surface area contributed by atoms with Crippen LogP contribution < -0.4 is 0 Å². The summed E-state index contributed by atoms with van der Waals surface area (Å²) in [6.45, 7) is 0. The SMILES string of the molecule is OC(c1ccc(F)c(F)c1)c1ccc(Br)c2ccccc12. The third-order valence-electron chi connectivity index (χ3n) is 3.46. The first kappa shape index (κ1) is 14.2. The van der Waals surface area contributed by atoms with Crippen LogP contribution in [0.2, 0.25) is 0 Å². The minimum atomic E-state index is -1.02. The Morgan fingerprint density at radius 1 is 0.857 bits per heavy atom. The second kappa shape index (κ2) is 5.54. The molecule has 0 spiro atoms. The highest BCUT2D eigenvalue weighted by Gasteiger charge is 2.16. The summed E-state index contributed by atoms with van der Waals surface area (Å²) >= 11 is 3.47. The van der Waals surface area contributed by atoms with Crippen LogP contribution in [0.1, 0.15) is 17.2 Å². The van der Waals surface area contributed by atoms with Gasteiger partial charge >= 0.3 is 0 Å². The molecule has 0 aliphatic carbocycles. The molecule has 1 nitrogen and oxygen atoms in total. The molecule has 0 heterocycles. The highest BCUT2D eigenvalue weighted by Crippen LogP contribution is 2.33. The first-order chi connectivity index (χ1) is 10.1. The summed E-state index contributed by atoms with van der Waals surface area (Å²) in [5, 5.41) is 12.3. The molecule has 0 saturated heterocycles. The van der Waals surface area contributed by atoms with Crippen molar-refractivity contribution in [2.75, 3.05) is 0 Å². The quantitative estimate of drug-likeness (QED) is 0.693. The lowest BCUT2D eigenvalue weighted by Crippen LogP contribution is -2.02. The van der Waals surface area contributed by atoms with E-state index in [9.17, 15) is 13.9 Å². The largest absolute Gasteiger partial charge is 0.384 e. The van der Waals surface area contributed by atoms with Crippen molar-refractivity contribution in [3.05, 3.63) is 81.8 Å². The maximum absolute atomic E-state index is 13.3. The van der Waals surface area contributed by atoms with E-state index in [1.54, 1.807) is 6.07 Å². The van der Waals surface area contributed by atoms with E-state index < -0.39 is 17.7 Å². The zero-order valence-electron chi connectivity index (χ0n) is 10.9. The number of hydrogen-bond acceptors (Lipinski definition) is 1. The zero-order valence-corrected chi connectivity index (χ0v) is 12.4. The molecule has 1 unspecified atom stereocenters. The molecule has 3 rings (SSSR count). The number of aliphatic hydroxyl groups excluding tert-OH is 1. The van der Waals surface area contributed by atoms with Crippen LogP contribution >= 0.6 is 15.9 Å². The van der Waals surface area contributed by atoms with Crippen LogP contribution in [0.5, 0.6) is 0 Å². The van der Waals surface area contributed by atoms with Crippen LogP contribution in [0.4, 0.5) is 8.78 Å². The number of aliphatic hydroxyl groups is 1. The van der Waals surface area contributed by atoms with Gasteiger partial charge in [-0.2, -0.15) is 0 Å². The molecule has 1 atom stereocenters. The molecule has 0 radical (unpaired) electrons. The Morgan fingerprint density at radius 3 is 2.29 bits per heavy atom. The van der Waals surface area contributed by atoms with Crippen molar-refractivity contribution in [2.45, 2.75) is 6.10 Å². The van der Waals surface area contributed by atoms with Gasteiger partial charge in [-0.25, -0.2) is 8.78 Å². The van der Waals surface area contributed by atoms with Gasteiger partial charge in [0.15, 0.2) is 11.6 Å². The summed E-state index contributed by atoms with van der Waals surface area (Å²) in [5.74, 6) is -1.89. The molecule has 0 fully saturated rings. The highest BCUT2D eigenvalue weighted by atomic mass is 79.9. The fourth-order valence-electron chi connectivity index (χ4n) is 2.39. The van der Waals surface area contributed by atoms with E-state index in [1.807, 2.05) is 30.3 Å². The van der Waals surface area contributed by atoms with E-state index in [1.165, 1.54) is 6.07 Å². The predicted molar refractivity (Wildman–Crippen MR) is 82.1 cm³/mol. The van der Waals surface area contributed by atoms with Crippen LogP contribution in [-0.2, 0) is 0 Å². The monoisotopic (exact) mass is 348 g/mol. The lowest BCUT2D eigenvalue weighted by Gasteiger charge is -2.15. The van der Waals surface area contributed by atoms with Crippen molar-refractivity contribution < 1.29 is 13.9 Å². The lowest BCUT2D eigenvalue weighted by atomic mass is 9.96. The lowest BCUT2D eigenvalue weighted by molar-refractivity contribution is 0.221. The fourth-order valence-corrected chi connectivity index (χ4v) is 2.86. The summed E-state index contributed by atoms with van der Waals surface area (Å²) in [5.41, 5.74) is 0.973. The van der Waals surface area contributed by atoms with Gasteiger partial charge in [0, 0.05) is 4.47 Å². The van der Waals surface area contributed by atoms with E-state index >= 15 is 0 Å². The Morgan fingerprint density at radius 2 is 1.57 bits per heavy atom. The molecule has 3 aromatic carbocycles. The zero-order chi connectivity index (χ0) is 15.0. The molecule has 0 amide bonds. The van der Waals surface area contributed by atoms with Crippen LogP contribution in [0, 0.1) is 11.6 Å². The van der Waals surface area contributed by atoms with Gasteiger partial charge in [0.2, 0.25) is 0 Å². The minimum Gasteiger partial charge on any atom is -0.384 e. The van der Waals surface area contributed by atoms with Crippen molar-refractivity contribution in [1.29, 1.82) is 0 Å². The van der Waals surface area contributed by atoms with E-state index in [2.05, 4.69) is 15.9 Å². The molecule has 106 valence electrons. The van der Waals surface area contributed by atoms with Gasteiger partial charge < -0.3 is 5.11 Å². The summed E-state index contributed by atoms with van der Waals surface area (Å²) in [6, 6.07) is 14.6. The average molecular weight is 349 g/mol. The number of benzene rings is 3. The van der Waals surface area contributed by atoms with Gasteiger partial charge in [-0.3, -0.25) is 0 Å². The standard InChI is InChI=1S/C17H11BrF2O/c18-14-7-6-13(11-3-1-2-4-12(11)14)17(21)10-5-8-15(19)16(20)9-10/h1-9,17,21H. The van der Waals surface area contributed by atoms with Crippen LogP contribution in [0.15, 0.2) is 59.1 Å².